The molecule has 0 aliphatic heterocycles. The lowest BCUT2D eigenvalue weighted by atomic mass is 9.79. The van der Waals surface area contributed by atoms with Crippen molar-refractivity contribution in [1.29, 1.82) is 0 Å². The van der Waals surface area contributed by atoms with Crippen LogP contribution in [-0.2, 0) is 27.2 Å². The molecular weight excluding hydrogens is 564 g/mol. The number of benzene rings is 4. The van der Waals surface area contributed by atoms with Crippen LogP contribution in [0.1, 0.15) is 52.7 Å². The van der Waals surface area contributed by atoms with Gasteiger partial charge in [0, 0.05) is 23.2 Å². The van der Waals surface area contributed by atoms with Crippen molar-refractivity contribution >= 4 is 23.3 Å². The van der Waals surface area contributed by atoms with Crippen LogP contribution in [-0.4, -0.2) is 44.0 Å². The monoisotopic (exact) mass is 604 g/mol. The number of ether oxygens (including phenoxy) is 2. The number of methoxy groups -OCH3 is 1. The van der Waals surface area contributed by atoms with Gasteiger partial charge in [-0.25, -0.2) is 4.79 Å². The van der Waals surface area contributed by atoms with Crippen molar-refractivity contribution in [3.8, 4) is 5.75 Å². The van der Waals surface area contributed by atoms with Crippen LogP contribution in [0.3, 0.4) is 0 Å². The van der Waals surface area contributed by atoms with Crippen molar-refractivity contribution in [3.63, 3.8) is 0 Å². The van der Waals surface area contributed by atoms with E-state index < -0.39 is 12.0 Å². The number of carbonyl (C=O) groups excluding carboxylic acids is 3. The van der Waals surface area contributed by atoms with Crippen LogP contribution in [0.4, 0.5) is 5.69 Å². The van der Waals surface area contributed by atoms with Crippen molar-refractivity contribution in [2.75, 3.05) is 25.6 Å². The van der Waals surface area contributed by atoms with Gasteiger partial charge in [0.05, 0.1) is 19.1 Å². The van der Waals surface area contributed by atoms with Crippen molar-refractivity contribution in [1.82, 2.24) is 5.32 Å². The van der Waals surface area contributed by atoms with Crippen LogP contribution in [0.25, 0.3) is 0 Å². The number of amides is 1. The maximum Gasteiger partial charge on any atom is 0.328 e. The summed E-state index contributed by atoms with van der Waals surface area (Å²) in [5, 5.41) is 6.35. The second kappa shape index (κ2) is 15.2. The molecule has 0 aromatic heterocycles. The Bertz CT molecular complexity index is 1570. The molecule has 1 amide bonds. The molecule has 0 spiro atoms. The molecule has 7 nitrogen and oxygen atoms in total. The van der Waals surface area contributed by atoms with E-state index in [1.807, 2.05) is 66.7 Å². The van der Waals surface area contributed by atoms with Gasteiger partial charge in [0.25, 0.3) is 0 Å². The Labute approximate surface area is 265 Å². The van der Waals surface area contributed by atoms with Crippen LogP contribution >= 0.6 is 0 Å². The number of ketones is 1. The molecule has 5 rings (SSSR count). The van der Waals surface area contributed by atoms with E-state index in [1.54, 1.807) is 30.3 Å². The molecule has 2 N–H and O–H groups in total. The van der Waals surface area contributed by atoms with Gasteiger partial charge in [0.1, 0.15) is 18.4 Å². The predicted octanol–water partition coefficient (Wildman–Crippen LogP) is 6.41. The molecule has 1 aliphatic carbocycles. The minimum atomic E-state index is -0.708. The average molecular weight is 605 g/mol. The molecular formula is C38H40N2O5. The van der Waals surface area contributed by atoms with Crippen LogP contribution < -0.4 is 15.4 Å². The zero-order valence-corrected chi connectivity index (χ0v) is 25.7. The quantitative estimate of drug-likeness (QED) is 0.0982. The van der Waals surface area contributed by atoms with E-state index in [2.05, 4.69) is 22.8 Å². The van der Waals surface area contributed by atoms with Crippen LogP contribution in [0.5, 0.6) is 5.75 Å². The van der Waals surface area contributed by atoms with Crippen molar-refractivity contribution in [2.45, 2.75) is 44.6 Å². The third-order valence-corrected chi connectivity index (χ3v) is 8.47. The average Bonchev–Trinajstić information content (AvgIpc) is 3.57. The molecule has 4 aromatic carbocycles. The molecule has 1 saturated carbocycles. The number of nitrogens with one attached hydrogen (secondary N) is 2. The molecule has 0 heterocycles. The van der Waals surface area contributed by atoms with Crippen LogP contribution in [0.2, 0.25) is 0 Å². The summed E-state index contributed by atoms with van der Waals surface area (Å²) in [7, 11) is 1.35. The first-order valence-electron chi connectivity index (χ1n) is 15.5. The van der Waals surface area contributed by atoms with E-state index in [9.17, 15) is 14.4 Å². The van der Waals surface area contributed by atoms with E-state index in [0.717, 1.165) is 37.7 Å². The zero-order valence-electron chi connectivity index (χ0n) is 25.7. The molecule has 4 aromatic rings. The first kappa shape index (κ1) is 31.5. The molecule has 1 atom stereocenters. The Balaban J connectivity index is 1.15. The van der Waals surface area contributed by atoms with E-state index in [-0.39, 0.29) is 17.1 Å². The first-order valence-corrected chi connectivity index (χ1v) is 15.5. The van der Waals surface area contributed by atoms with Crippen molar-refractivity contribution in [3.05, 3.63) is 131 Å². The van der Waals surface area contributed by atoms with Gasteiger partial charge in [-0.1, -0.05) is 97.8 Å². The second-order valence-electron chi connectivity index (χ2n) is 11.6. The summed E-state index contributed by atoms with van der Waals surface area (Å²) in [6.45, 7) is 0.775. The molecule has 1 unspecified atom stereocenters. The lowest BCUT2D eigenvalue weighted by Gasteiger charge is -2.28. The number of esters is 1. The molecule has 0 radical (unpaired) electrons. The Morgan fingerprint density at radius 3 is 2.11 bits per heavy atom. The highest BCUT2D eigenvalue weighted by molar-refractivity contribution is 6.12. The summed E-state index contributed by atoms with van der Waals surface area (Å²) >= 11 is 0. The van der Waals surface area contributed by atoms with Gasteiger partial charge in [0.15, 0.2) is 5.78 Å². The SMILES string of the molecule is COC(=O)C(Cc1ccc(OCCNC(=O)C2(Cc3ccccc3)CCCC2)cc1)Nc1ccccc1C(=O)c1ccccc1. The van der Waals surface area contributed by atoms with E-state index in [1.165, 1.54) is 12.7 Å². The summed E-state index contributed by atoms with van der Waals surface area (Å²) < 4.78 is 11.0. The number of carbonyl (C=O) groups is 3. The highest BCUT2D eigenvalue weighted by Crippen LogP contribution is 2.41. The van der Waals surface area contributed by atoms with Gasteiger partial charge < -0.3 is 20.1 Å². The second-order valence-corrected chi connectivity index (χ2v) is 11.6. The Hall–Kier alpha value is -4.91. The Kier molecular flexibility index (Phi) is 10.6. The number of rotatable bonds is 14. The van der Waals surface area contributed by atoms with Crippen molar-refractivity contribution < 1.29 is 23.9 Å². The largest absolute Gasteiger partial charge is 0.492 e. The standard InChI is InChI=1S/C38H40N2O5/c1-44-36(42)34(40-33-17-9-8-16-32(33)35(41)30-14-6-3-7-15-30)26-28-18-20-31(21-19-28)45-25-24-39-37(43)38(22-10-11-23-38)27-29-12-4-2-5-13-29/h2-9,12-21,34,40H,10-11,22-27H2,1H3,(H,39,43). The molecule has 1 aliphatic rings. The van der Waals surface area contributed by atoms with Gasteiger partial charge in [-0.2, -0.15) is 0 Å². The smallest absolute Gasteiger partial charge is 0.328 e. The third kappa shape index (κ3) is 8.18. The molecule has 0 saturated heterocycles. The van der Waals surface area contributed by atoms with Gasteiger partial charge in [-0.05, 0) is 54.7 Å². The summed E-state index contributed by atoms with van der Waals surface area (Å²) in [4.78, 5) is 39.2. The van der Waals surface area contributed by atoms with Gasteiger partial charge in [0.2, 0.25) is 5.91 Å². The minimum Gasteiger partial charge on any atom is -0.492 e. The zero-order chi connectivity index (χ0) is 31.5. The number of anilines is 1. The van der Waals surface area contributed by atoms with Crippen LogP contribution in [0.15, 0.2) is 109 Å². The number of hydrogen-bond acceptors (Lipinski definition) is 6. The summed E-state index contributed by atoms with van der Waals surface area (Å²) in [6, 6.07) is 33.2. The number of hydrogen-bond donors (Lipinski definition) is 2. The molecule has 7 heteroatoms. The van der Waals surface area contributed by atoms with E-state index in [4.69, 9.17) is 9.47 Å². The van der Waals surface area contributed by atoms with Gasteiger partial charge >= 0.3 is 5.97 Å². The topological polar surface area (TPSA) is 93.7 Å². The maximum absolute atomic E-state index is 13.2. The van der Waals surface area contributed by atoms with E-state index in [0.29, 0.717) is 42.1 Å². The fourth-order valence-corrected chi connectivity index (χ4v) is 6.08. The normalized spacial score (nSPS) is 14.2. The Morgan fingerprint density at radius 1 is 0.778 bits per heavy atom. The van der Waals surface area contributed by atoms with Gasteiger partial charge in [-0.15, -0.1) is 0 Å². The van der Waals surface area contributed by atoms with Crippen molar-refractivity contribution in [2.24, 2.45) is 5.41 Å². The van der Waals surface area contributed by atoms with E-state index >= 15 is 0 Å². The van der Waals surface area contributed by atoms with Gasteiger partial charge in [-0.3, -0.25) is 9.59 Å². The first-order chi connectivity index (χ1) is 22.0. The maximum atomic E-state index is 13.2. The summed E-state index contributed by atoms with van der Waals surface area (Å²) in [6.07, 6.45) is 5.08. The fourth-order valence-electron chi connectivity index (χ4n) is 6.08. The lowest BCUT2D eigenvalue weighted by molar-refractivity contribution is -0.141. The Morgan fingerprint density at radius 2 is 1.42 bits per heavy atom. The molecule has 232 valence electrons. The lowest BCUT2D eigenvalue weighted by Crippen LogP contribution is -2.42. The summed E-state index contributed by atoms with van der Waals surface area (Å²) in [5.41, 5.74) is 3.36. The predicted molar refractivity (Wildman–Crippen MR) is 175 cm³/mol. The molecule has 1 fully saturated rings. The minimum absolute atomic E-state index is 0.108. The highest BCUT2D eigenvalue weighted by atomic mass is 16.5. The fraction of sp³-hybridized carbons (Fsp3) is 0.289. The third-order valence-electron chi connectivity index (χ3n) is 8.47. The summed E-state index contributed by atoms with van der Waals surface area (Å²) in [5.74, 6) is 0.223. The molecule has 45 heavy (non-hydrogen) atoms. The molecule has 0 bridgehead atoms. The van der Waals surface area contributed by atoms with Crippen LogP contribution in [0, 0.1) is 5.41 Å². The highest BCUT2D eigenvalue weighted by Gasteiger charge is 2.40. The number of para-hydroxylation sites is 1.